The first-order valence-electron chi connectivity index (χ1n) is 5.83. The van der Waals surface area contributed by atoms with Gasteiger partial charge in [-0.25, -0.2) is 0 Å². The fraction of sp³-hybridized carbons (Fsp3) is 0.357. The molecule has 1 atom stereocenters. The zero-order valence-electron chi connectivity index (χ0n) is 10.3. The monoisotopic (exact) mass is 232 g/mol. The molecule has 92 valence electrons. The molecule has 0 aliphatic carbocycles. The standard InChI is InChI=1S/C14H20N2O/c1-3-4-8-11-16(2)14(17)13(15)12-9-6-5-7-10-12/h3,5-7,9-10,13H,1,4,8,11,15H2,2H3. The topological polar surface area (TPSA) is 46.3 Å². The zero-order valence-corrected chi connectivity index (χ0v) is 10.3. The van der Waals surface area contributed by atoms with Crippen LogP contribution in [0.3, 0.4) is 0 Å². The van der Waals surface area contributed by atoms with Crippen LogP contribution in [-0.4, -0.2) is 24.4 Å². The van der Waals surface area contributed by atoms with Crippen LogP contribution in [0.25, 0.3) is 0 Å². The molecule has 17 heavy (non-hydrogen) atoms. The molecule has 0 aromatic heterocycles. The number of unbranched alkanes of at least 4 members (excludes halogenated alkanes) is 1. The van der Waals surface area contributed by atoms with Crippen molar-refractivity contribution >= 4 is 5.91 Å². The Morgan fingerprint density at radius 2 is 2.12 bits per heavy atom. The predicted molar refractivity (Wildman–Crippen MR) is 70.4 cm³/mol. The van der Waals surface area contributed by atoms with Gasteiger partial charge in [0.1, 0.15) is 6.04 Å². The number of nitrogens with two attached hydrogens (primary N) is 1. The summed E-state index contributed by atoms with van der Waals surface area (Å²) in [5, 5.41) is 0. The number of likely N-dealkylation sites (N-methyl/N-ethyl adjacent to an activating group) is 1. The van der Waals surface area contributed by atoms with Crippen LogP contribution >= 0.6 is 0 Å². The van der Waals surface area contributed by atoms with Gasteiger partial charge in [-0.2, -0.15) is 0 Å². The summed E-state index contributed by atoms with van der Waals surface area (Å²) >= 11 is 0. The van der Waals surface area contributed by atoms with Gasteiger partial charge in [0.2, 0.25) is 5.91 Å². The Hall–Kier alpha value is -1.61. The molecule has 0 spiro atoms. The second kappa shape index (κ2) is 6.86. The van der Waals surface area contributed by atoms with Gasteiger partial charge in [0, 0.05) is 13.6 Å². The lowest BCUT2D eigenvalue weighted by Crippen LogP contribution is -2.36. The molecule has 0 saturated heterocycles. The molecule has 1 unspecified atom stereocenters. The van der Waals surface area contributed by atoms with E-state index in [0.717, 1.165) is 18.4 Å². The molecular weight excluding hydrogens is 212 g/mol. The second-order valence-corrected chi connectivity index (χ2v) is 4.08. The van der Waals surface area contributed by atoms with E-state index in [2.05, 4.69) is 6.58 Å². The van der Waals surface area contributed by atoms with Crippen molar-refractivity contribution in [2.75, 3.05) is 13.6 Å². The second-order valence-electron chi connectivity index (χ2n) is 4.08. The van der Waals surface area contributed by atoms with Crippen LogP contribution in [0.2, 0.25) is 0 Å². The van der Waals surface area contributed by atoms with Gasteiger partial charge < -0.3 is 10.6 Å². The smallest absolute Gasteiger partial charge is 0.243 e. The minimum atomic E-state index is -0.565. The molecule has 0 bridgehead atoms. The van der Waals surface area contributed by atoms with Gasteiger partial charge in [-0.05, 0) is 18.4 Å². The average Bonchev–Trinajstić information content (AvgIpc) is 2.38. The van der Waals surface area contributed by atoms with Crippen molar-refractivity contribution in [3.63, 3.8) is 0 Å². The Morgan fingerprint density at radius 3 is 2.71 bits per heavy atom. The van der Waals surface area contributed by atoms with E-state index in [9.17, 15) is 4.79 Å². The first-order valence-corrected chi connectivity index (χ1v) is 5.83. The Labute approximate surface area is 103 Å². The number of hydrogen-bond acceptors (Lipinski definition) is 2. The molecule has 1 amide bonds. The number of hydrogen-bond donors (Lipinski definition) is 1. The van der Waals surface area contributed by atoms with Crippen molar-refractivity contribution in [1.82, 2.24) is 4.90 Å². The molecular formula is C14H20N2O. The molecule has 0 aliphatic rings. The predicted octanol–water partition coefficient (Wildman–Crippen LogP) is 2.11. The van der Waals surface area contributed by atoms with Crippen LogP contribution in [0.5, 0.6) is 0 Å². The first-order chi connectivity index (χ1) is 8.16. The maximum atomic E-state index is 12.0. The fourth-order valence-electron chi connectivity index (χ4n) is 1.62. The van der Waals surface area contributed by atoms with E-state index in [1.807, 2.05) is 36.4 Å². The molecule has 3 heteroatoms. The molecule has 0 saturated carbocycles. The Balaban J connectivity index is 2.54. The summed E-state index contributed by atoms with van der Waals surface area (Å²) in [6.45, 7) is 4.37. The van der Waals surface area contributed by atoms with Gasteiger partial charge in [0.15, 0.2) is 0 Å². The Kier molecular flexibility index (Phi) is 5.43. The van der Waals surface area contributed by atoms with Crippen molar-refractivity contribution < 1.29 is 4.79 Å². The normalized spacial score (nSPS) is 11.9. The minimum absolute atomic E-state index is 0.0414. The SMILES string of the molecule is C=CCCCN(C)C(=O)C(N)c1ccccc1. The third kappa shape index (κ3) is 4.04. The highest BCUT2D eigenvalue weighted by Crippen LogP contribution is 2.12. The molecule has 0 fully saturated rings. The first kappa shape index (κ1) is 13.5. The van der Waals surface area contributed by atoms with E-state index in [4.69, 9.17) is 5.73 Å². The highest BCUT2D eigenvalue weighted by molar-refractivity contribution is 5.82. The van der Waals surface area contributed by atoms with Crippen LogP contribution in [0.1, 0.15) is 24.4 Å². The largest absolute Gasteiger partial charge is 0.344 e. The molecule has 1 rings (SSSR count). The number of nitrogens with zero attached hydrogens (tertiary/aromatic N) is 1. The van der Waals surface area contributed by atoms with Crippen LogP contribution in [0.15, 0.2) is 43.0 Å². The summed E-state index contributed by atoms with van der Waals surface area (Å²) in [5.41, 5.74) is 6.79. The van der Waals surface area contributed by atoms with Gasteiger partial charge in [-0.3, -0.25) is 4.79 Å². The van der Waals surface area contributed by atoms with Crippen molar-refractivity contribution in [1.29, 1.82) is 0 Å². The molecule has 3 nitrogen and oxygen atoms in total. The van der Waals surface area contributed by atoms with Gasteiger partial charge in [0.05, 0.1) is 0 Å². The number of rotatable bonds is 6. The highest BCUT2D eigenvalue weighted by atomic mass is 16.2. The zero-order chi connectivity index (χ0) is 12.7. The Bertz CT molecular complexity index is 362. The minimum Gasteiger partial charge on any atom is -0.344 e. The van der Waals surface area contributed by atoms with Gasteiger partial charge in [-0.1, -0.05) is 36.4 Å². The lowest BCUT2D eigenvalue weighted by Gasteiger charge is -2.21. The van der Waals surface area contributed by atoms with Crippen molar-refractivity contribution in [2.24, 2.45) is 5.73 Å². The van der Waals surface area contributed by atoms with E-state index < -0.39 is 6.04 Å². The molecule has 0 heterocycles. The van der Waals surface area contributed by atoms with Crippen molar-refractivity contribution in [3.8, 4) is 0 Å². The number of carbonyl (C=O) groups is 1. The molecule has 0 radical (unpaired) electrons. The van der Waals surface area contributed by atoms with Crippen LogP contribution in [0, 0.1) is 0 Å². The Morgan fingerprint density at radius 1 is 1.47 bits per heavy atom. The highest BCUT2D eigenvalue weighted by Gasteiger charge is 2.18. The lowest BCUT2D eigenvalue weighted by molar-refractivity contribution is -0.131. The third-order valence-corrected chi connectivity index (χ3v) is 2.70. The van der Waals surface area contributed by atoms with Crippen LogP contribution in [0.4, 0.5) is 0 Å². The van der Waals surface area contributed by atoms with Crippen molar-refractivity contribution in [2.45, 2.75) is 18.9 Å². The van der Waals surface area contributed by atoms with Crippen molar-refractivity contribution in [3.05, 3.63) is 48.6 Å². The summed E-state index contributed by atoms with van der Waals surface area (Å²) in [7, 11) is 1.79. The molecule has 2 N–H and O–H groups in total. The van der Waals surface area contributed by atoms with E-state index >= 15 is 0 Å². The van der Waals surface area contributed by atoms with Gasteiger partial charge >= 0.3 is 0 Å². The maximum absolute atomic E-state index is 12.0. The molecule has 1 aromatic carbocycles. The van der Waals surface area contributed by atoms with Crippen LogP contribution < -0.4 is 5.73 Å². The summed E-state index contributed by atoms with van der Waals surface area (Å²) in [6, 6.07) is 8.87. The molecule has 1 aromatic rings. The maximum Gasteiger partial charge on any atom is 0.243 e. The summed E-state index contributed by atoms with van der Waals surface area (Å²) in [4.78, 5) is 13.7. The quantitative estimate of drug-likeness (QED) is 0.603. The van der Waals surface area contributed by atoms with E-state index in [1.165, 1.54) is 0 Å². The van der Waals surface area contributed by atoms with E-state index in [-0.39, 0.29) is 5.91 Å². The number of benzene rings is 1. The van der Waals surface area contributed by atoms with Crippen LogP contribution in [-0.2, 0) is 4.79 Å². The lowest BCUT2D eigenvalue weighted by atomic mass is 10.1. The van der Waals surface area contributed by atoms with Gasteiger partial charge in [-0.15, -0.1) is 6.58 Å². The number of amides is 1. The van der Waals surface area contributed by atoms with E-state index in [0.29, 0.717) is 6.54 Å². The number of carbonyl (C=O) groups excluding carboxylic acids is 1. The van der Waals surface area contributed by atoms with Gasteiger partial charge in [0.25, 0.3) is 0 Å². The fourth-order valence-corrected chi connectivity index (χ4v) is 1.62. The number of allylic oxidation sites excluding steroid dienone is 1. The average molecular weight is 232 g/mol. The summed E-state index contributed by atoms with van der Waals surface area (Å²) < 4.78 is 0. The molecule has 0 aliphatic heterocycles. The van der Waals surface area contributed by atoms with E-state index in [1.54, 1.807) is 11.9 Å². The summed E-state index contributed by atoms with van der Waals surface area (Å²) in [6.07, 6.45) is 3.70. The third-order valence-electron chi connectivity index (χ3n) is 2.70. The summed E-state index contributed by atoms with van der Waals surface area (Å²) in [5.74, 6) is -0.0414.